The van der Waals surface area contributed by atoms with E-state index in [1.807, 2.05) is 0 Å². The molecule has 1 heterocycles. The number of carboxylic acids is 1. The average molecular weight is 199 g/mol. The van der Waals surface area contributed by atoms with Gasteiger partial charge in [-0.2, -0.15) is 0 Å². The van der Waals surface area contributed by atoms with E-state index < -0.39 is 12.0 Å². The lowest BCUT2D eigenvalue weighted by molar-refractivity contribution is -0.140. The molecule has 4 nitrogen and oxygen atoms in total. The summed E-state index contributed by atoms with van der Waals surface area (Å²) < 4.78 is 5.74. The zero-order valence-corrected chi connectivity index (χ0v) is 8.24. The summed E-state index contributed by atoms with van der Waals surface area (Å²) in [5.74, 6) is -0.276. The van der Waals surface area contributed by atoms with Gasteiger partial charge in [-0.1, -0.05) is 6.42 Å². The number of fused-ring (bicyclic) bond motifs is 2. The third-order valence-electron chi connectivity index (χ3n) is 3.44. The van der Waals surface area contributed by atoms with Crippen LogP contribution in [0.3, 0.4) is 0 Å². The molecule has 0 aromatic rings. The number of nitrogens with two attached hydrogens (primary N) is 1. The molecule has 2 fully saturated rings. The number of rotatable bonds is 3. The Morgan fingerprint density at radius 2 is 2.50 bits per heavy atom. The molecule has 1 aliphatic heterocycles. The van der Waals surface area contributed by atoms with Crippen LogP contribution in [0.4, 0.5) is 0 Å². The minimum Gasteiger partial charge on any atom is -0.480 e. The van der Waals surface area contributed by atoms with Crippen molar-refractivity contribution < 1.29 is 14.6 Å². The predicted octanol–water partition coefficient (Wildman–Crippen LogP) is 0.748. The summed E-state index contributed by atoms with van der Waals surface area (Å²) in [7, 11) is 0. The van der Waals surface area contributed by atoms with Gasteiger partial charge in [-0.05, 0) is 25.2 Å². The first-order valence-electron chi connectivity index (χ1n) is 5.24. The van der Waals surface area contributed by atoms with Gasteiger partial charge in [0.15, 0.2) is 0 Å². The van der Waals surface area contributed by atoms with Crippen LogP contribution in [0.25, 0.3) is 0 Å². The minimum atomic E-state index is -0.919. The monoisotopic (exact) mass is 199 g/mol. The lowest BCUT2D eigenvalue weighted by Crippen LogP contribution is -2.41. The van der Waals surface area contributed by atoms with Gasteiger partial charge in [-0.25, -0.2) is 0 Å². The molecule has 0 amide bonds. The fourth-order valence-electron chi connectivity index (χ4n) is 2.74. The van der Waals surface area contributed by atoms with E-state index in [1.54, 1.807) is 0 Å². The zero-order valence-electron chi connectivity index (χ0n) is 8.24. The summed E-state index contributed by atoms with van der Waals surface area (Å²) in [6, 6.07) is -0.771. The van der Waals surface area contributed by atoms with Gasteiger partial charge >= 0.3 is 5.97 Å². The van der Waals surface area contributed by atoms with E-state index in [-0.39, 0.29) is 5.60 Å². The van der Waals surface area contributed by atoms with Crippen LogP contribution in [0.2, 0.25) is 0 Å². The van der Waals surface area contributed by atoms with Crippen LogP contribution < -0.4 is 5.73 Å². The van der Waals surface area contributed by atoms with Gasteiger partial charge in [-0.3, -0.25) is 4.79 Å². The van der Waals surface area contributed by atoms with Gasteiger partial charge in [0.1, 0.15) is 6.04 Å². The Morgan fingerprint density at radius 3 is 3.21 bits per heavy atom. The molecule has 2 rings (SSSR count). The largest absolute Gasteiger partial charge is 0.480 e. The van der Waals surface area contributed by atoms with E-state index in [4.69, 9.17) is 15.6 Å². The van der Waals surface area contributed by atoms with E-state index in [1.165, 1.54) is 6.42 Å². The summed E-state index contributed by atoms with van der Waals surface area (Å²) in [5, 5.41) is 8.76. The van der Waals surface area contributed by atoms with Gasteiger partial charge in [0, 0.05) is 6.42 Å². The second-order valence-electron chi connectivity index (χ2n) is 4.61. The normalized spacial score (nSPS) is 38.2. The van der Waals surface area contributed by atoms with Crippen molar-refractivity contribution in [2.24, 2.45) is 11.7 Å². The highest BCUT2D eigenvalue weighted by Gasteiger charge is 2.44. The Hall–Kier alpha value is -0.610. The summed E-state index contributed by atoms with van der Waals surface area (Å²) in [6.07, 6.45) is 4.83. The topological polar surface area (TPSA) is 72.5 Å². The van der Waals surface area contributed by atoms with E-state index in [0.717, 1.165) is 25.9 Å². The van der Waals surface area contributed by atoms with Gasteiger partial charge in [0.25, 0.3) is 0 Å². The van der Waals surface area contributed by atoms with Crippen LogP contribution in [-0.4, -0.2) is 29.3 Å². The molecule has 1 saturated heterocycles. The predicted molar refractivity (Wildman–Crippen MR) is 50.9 cm³/mol. The Labute approximate surface area is 83.4 Å². The fourth-order valence-corrected chi connectivity index (χ4v) is 2.74. The first-order chi connectivity index (χ1) is 6.61. The molecule has 2 aliphatic rings. The van der Waals surface area contributed by atoms with Crippen LogP contribution in [0.15, 0.2) is 0 Å². The summed E-state index contributed by atoms with van der Waals surface area (Å²) in [6.45, 7) is 0.798. The lowest BCUT2D eigenvalue weighted by atomic mass is 9.78. The van der Waals surface area contributed by atoms with Gasteiger partial charge in [0.05, 0.1) is 12.2 Å². The molecule has 14 heavy (non-hydrogen) atoms. The summed E-state index contributed by atoms with van der Waals surface area (Å²) in [4.78, 5) is 10.7. The van der Waals surface area contributed by atoms with Gasteiger partial charge in [-0.15, -0.1) is 0 Å². The Balaban J connectivity index is 1.99. The maximum absolute atomic E-state index is 10.7. The second kappa shape index (κ2) is 3.51. The van der Waals surface area contributed by atoms with Crippen molar-refractivity contribution in [2.75, 3.05) is 6.61 Å². The molecule has 1 saturated carbocycles. The molecule has 1 aliphatic carbocycles. The number of ether oxygens (including phenoxy) is 1. The average Bonchev–Trinajstić information content (AvgIpc) is 2.42. The van der Waals surface area contributed by atoms with Crippen molar-refractivity contribution in [2.45, 2.75) is 43.7 Å². The number of carboxylic acid groups (broad SMARTS) is 1. The van der Waals surface area contributed by atoms with Crippen molar-refractivity contribution in [3.05, 3.63) is 0 Å². The molecular formula is C10H17NO3. The molecule has 0 aromatic carbocycles. The van der Waals surface area contributed by atoms with Crippen LogP contribution in [0.1, 0.15) is 32.1 Å². The molecule has 3 unspecified atom stereocenters. The molecule has 80 valence electrons. The number of carbonyl (C=O) groups is 1. The fraction of sp³-hybridized carbons (Fsp3) is 0.900. The number of hydrogen-bond donors (Lipinski definition) is 2. The number of aliphatic carboxylic acids is 1. The van der Waals surface area contributed by atoms with Gasteiger partial charge < -0.3 is 15.6 Å². The zero-order chi connectivity index (χ0) is 10.2. The highest BCUT2D eigenvalue weighted by molar-refractivity contribution is 5.73. The molecule has 0 aromatic heterocycles. The third kappa shape index (κ3) is 1.77. The molecule has 3 atom stereocenters. The second-order valence-corrected chi connectivity index (χ2v) is 4.61. The smallest absolute Gasteiger partial charge is 0.320 e. The molecule has 4 heteroatoms. The SMILES string of the molecule is NC(CC12CCCC(CO1)C2)C(=O)O. The maximum Gasteiger partial charge on any atom is 0.320 e. The van der Waals surface area contributed by atoms with Crippen LogP contribution in [0, 0.1) is 5.92 Å². The molecule has 0 spiro atoms. The standard InChI is InChI=1S/C10H17NO3/c11-8(9(12)13)5-10-3-1-2-7(4-10)6-14-10/h7-8H,1-6,11H2,(H,12,13). The van der Waals surface area contributed by atoms with Crippen LogP contribution in [0.5, 0.6) is 0 Å². The molecule has 2 bridgehead atoms. The van der Waals surface area contributed by atoms with Crippen molar-refractivity contribution in [3.8, 4) is 0 Å². The van der Waals surface area contributed by atoms with Crippen molar-refractivity contribution in [3.63, 3.8) is 0 Å². The minimum absolute atomic E-state index is 0.208. The molecular weight excluding hydrogens is 182 g/mol. The molecule has 0 radical (unpaired) electrons. The third-order valence-corrected chi connectivity index (χ3v) is 3.44. The van der Waals surface area contributed by atoms with Crippen LogP contribution in [-0.2, 0) is 9.53 Å². The Kier molecular flexibility index (Phi) is 2.49. The molecule has 3 N–H and O–H groups in total. The van der Waals surface area contributed by atoms with E-state index in [2.05, 4.69) is 0 Å². The summed E-state index contributed by atoms with van der Waals surface area (Å²) in [5.41, 5.74) is 5.34. The Morgan fingerprint density at radius 1 is 1.71 bits per heavy atom. The quantitative estimate of drug-likeness (QED) is 0.703. The highest BCUT2D eigenvalue weighted by atomic mass is 16.5. The van der Waals surface area contributed by atoms with Gasteiger partial charge in [0.2, 0.25) is 0 Å². The van der Waals surface area contributed by atoms with Crippen molar-refractivity contribution in [1.82, 2.24) is 0 Å². The maximum atomic E-state index is 10.7. The van der Waals surface area contributed by atoms with Crippen molar-refractivity contribution in [1.29, 1.82) is 0 Å². The van der Waals surface area contributed by atoms with Crippen LogP contribution >= 0.6 is 0 Å². The first kappa shape index (κ1) is 9.93. The Bertz CT molecular complexity index is 240. The van der Waals surface area contributed by atoms with E-state index >= 15 is 0 Å². The number of hydrogen-bond acceptors (Lipinski definition) is 3. The highest BCUT2D eigenvalue weighted by Crippen LogP contribution is 2.44. The van der Waals surface area contributed by atoms with Crippen molar-refractivity contribution >= 4 is 5.97 Å². The van der Waals surface area contributed by atoms with E-state index in [9.17, 15) is 4.79 Å². The van der Waals surface area contributed by atoms with E-state index in [0.29, 0.717) is 12.3 Å². The summed E-state index contributed by atoms with van der Waals surface area (Å²) >= 11 is 0. The lowest BCUT2D eigenvalue weighted by Gasteiger charge is -2.32. The first-order valence-corrected chi connectivity index (χ1v) is 5.24.